The Morgan fingerprint density at radius 2 is 2.35 bits per heavy atom. The lowest BCUT2D eigenvalue weighted by Crippen LogP contribution is -2.23. The van der Waals surface area contributed by atoms with Gasteiger partial charge in [0.15, 0.2) is 0 Å². The van der Waals surface area contributed by atoms with Gasteiger partial charge >= 0.3 is 0 Å². The Hall–Kier alpha value is -1.33. The second-order valence-corrected chi connectivity index (χ2v) is 4.58. The van der Waals surface area contributed by atoms with Gasteiger partial charge in [-0.2, -0.15) is 5.26 Å². The summed E-state index contributed by atoms with van der Waals surface area (Å²) in [5, 5.41) is 10.6. The van der Waals surface area contributed by atoms with Crippen LogP contribution in [-0.2, 0) is 6.54 Å². The van der Waals surface area contributed by atoms with E-state index in [0.29, 0.717) is 13.0 Å². The predicted octanol–water partition coefficient (Wildman–Crippen LogP) is 1.79. The molecule has 0 aliphatic carbocycles. The summed E-state index contributed by atoms with van der Waals surface area (Å²) in [6.07, 6.45) is 0.582. The van der Waals surface area contributed by atoms with Crippen LogP contribution in [0.25, 0.3) is 0 Å². The minimum Gasteiger partial charge on any atom is -0.320 e. The molecule has 0 atom stereocenters. The van der Waals surface area contributed by atoms with Crippen molar-refractivity contribution >= 4 is 11.3 Å². The highest BCUT2D eigenvalue weighted by Gasteiger charge is 2.05. The topological polar surface area (TPSA) is 53.0 Å². The van der Waals surface area contributed by atoms with Crippen molar-refractivity contribution in [1.29, 1.82) is 5.26 Å². The fourth-order valence-electron chi connectivity index (χ4n) is 1.46. The van der Waals surface area contributed by atoms with Gasteiger partial charge < -0.3 is 5.73 Å². The standard InChI is InChI=1S/C13H17N3S/c1-2-16(8-4-7-15)10-13-9-12(11-17-13)5-3-6-14/h9,11H,2,4,6,8,10,14H2,1H3. The van der Waals surface area contributed by atoms with Gasteiger partial charge in [-0.15, -0.1) is 11.3 Å². The van der Waals surface area contributed by atoms with Crippen molar-refractivity contribution in [3.05, 3.63) is 21.9 Å². The molecule has 1 rings (SSSR count). The number of nitrogens with two attached hydrogens (primary N) is 1. The Balaban J connectivity index is 2.55. The maximum absolute atomic E-state index is 8.57. The SMILES string of the molecule is CCN(CCC#N)Cc1cc(C#CCN)cs1. The Morgan fingerprint density at radius 1 is 1.53 bits per heavy atom. The summed E-state index contributed by atoms with van der Waals surface area (Å²) in [7, 11) is 0. The van der Waals surface area contributed by atoms with E-state index in [9.17, 15) is 0 Å². The molecule has 0 spiro atoms. The van der Waals surface area contributed by atoms with Crippen LogP contribution in [0.15, 0.2) is 11.4 Å². The van der Waals surface area contributed by atoms with Gasteiger partial charge in [0.05, 0.1) is 12.6 Å². The van der Waals surface area contributed by atoms with Crippen LogP contribution in [0.1, 0.15) is 23.8 Å². The van der Waals surface area contributed by atoms with E-state index in [1.807, 2.05) is 0 Å². The molecule has 1 aromatic rings. The van der Waals surface area contributed by atoms with Crippen LogP contribution in [0.2, 0.25) is 0 Å². The highest BCUT2D eigenvalue weighted by Crippen LogP contribution is 2.16. The minimum absolute atomic E-state index is 0.397. The first-order chi connectivity index (χ1) is 8.30. The fourth-order valence-corrected chi connectivity index (χ4v) is 2.32. The predicted molar refractivity (Wildman–Crippen MR) is 71.4 cm³/mol. The molecule has 90 valence electrons. The molecule has 0 saturated heterocycles. The molecule has 0 unspecified atom stereocenters. The summed E-state index contributed by atoms with van der Waals surface area (Å²) in [6.45, 7) is 5.19. The zero-order valence-corrected chi connectivity index (χ0v) is 10.9. The second-order valence-electron chi connectivity index (χ2n) is 3.58. The quantitative estimate of drug-likeness (QED) is 0.807. The summed E-state index contributed by atoms with van der Waals surface area (Å²) < 4.78 is 0. The molecular weight excluding hydrogens is 230 g/mol. The second kappa shape index (κ2) is 7.86. The number of nitrogens with zero attached hydrogens (tertiary/aromatic N) is 2. The molecule has 0 aliphatic heterocycles. The van der Waals surface area contributed by atoms with Gasteiger partial charge in [0.1, 0.15) is 0 Å². The molecule has 0 amide bonds. The molecule has 1 aromatic heterocycles. The summed E-state index contributed by atoms with van der Waals surface area (Å²) >= 11 is 1.71. The molecule has 0 saturated carbocycles. The molecule has 1 heterocycles. The molecular formula is C13H17N3S. The van der Waals surface area contributed by atoms with Crippen molar-refractivity contribution in [2.75, 3.05) is 19.6 Å². The number of hydrogen-bond acceptors (Lipinski definition) is 4. The van der Waals surface area contributed by atoms with Crippen molar-refractivity contribution < 1.29 is 0 Å². The Labute approximate surface area is 107 Å². The van der Waals surface area contributed by atoms with Gasteiger partial charge in [0, 0.05) is 35.3 Å². The number of thiophene rings is 1. The van der Waals surface area contributed by atoms with Gasteiger partial charge in [0.2, 0.25) is 0 Å². The average molecular weight is 247 g/mol. The first-order valence-corrected chi connectivity index (χ1v) is 6.53. The van der Waals surface area contributed by atoms with Crippen LogP contribution < -0.4 is 5.73 Å². The van der Waals surface area contributed by atoms with Crippen LogP contribution in [0.4, 0.5) is 0 Å². The highest BCUT2D eigenvalue weighted by molar-refractivity contribution is 7.10. The third-order valence-corrected chi connectivity index (χ3v) is 3.28. The first-order valence-electron chi connectivity index (χ1n) is 5.65. The summed E-state index contributed by atoms with van der Waals surface area (Å²) in [6, 6.07) is 4.28. The van der Waals surface area contributed by atoms with E-state index in [0.717, 1.165) is 25.2 Å². The summed E-state index contributed by atoms with van der Waals surface area (Å²) in [4.78, 5) is 3.54. The van der Waals surface area contributed by atoms with E-state index in [4.69, 9.17) is 11.0 Å². The maximum Gasteiger partial charge on any atom is 0.0635 e. The smallest absolute Gasteiger partial charge is 0.0635 e. The molecule has 0 fully saturated rings. The monoisotopic (exact) mass is 247 g/mol. The largest absolute Gasteiger partial charge is 0.320 e. The van der Waals surface area contributed by atoms with Crippen LogP contribution >= 0.6 is 11.3 Å². The molecule has 2 N–H and O–H groups in total. The third-order valence-electron chi connectivity index (χ3n) is 2.36. The number of hydrogen-bond donors (Lipinski definition) is 1. The molecule has 0 aliphatic rings. The van der Waals surface area contributed by atoms with Crippen LogP contribution in [0.5, 0.6) is 0 Å². The lowest BCUT2D eigenvalue weighted by Gasteiger charge is -2.17. The molecule has 4 heteroatoms. The van der Waals surface area contributed by atoms with Gasteiger partial charge in [0.25, 0.3) is 0 Å². The van der Waals surface area contributed by atoms with Crippen molar-refractivity contribution in [3.8, 4) is 17.9 Å². The number of nitriles is 1. The van der Waals surface area contributed by atoms with Crippen molar-refractivity contribution in [2.24, 2.45) is 5.73 Å². The van der Waals surface area contributed by atoms with Gasteiger partial charge in [-0.1, -0.05) is 18.8 Å². The van der Waals surface area contributed by atoms with E-state index in [-0.39, 0.29) is 0 Å². The Kier molecular flexibility index (Phi) is 6.35. The van der Waals surface area contributed by atoms with Crippen LogP contribution in [-0.4, -0.2) is 24.5 Å². The normalized spacial score (nSPS) is 9.76. The van der Waals surface area contributed by atoms with Crippen molar-refractivity contribution in [2.45, 2.75) is 19.9 Å². The average Bonchev–Trinajstić information content (AvgIpc) is 2.79. The fraction of sp³-hybridized carbons (Fsp3) is 0.462. The van der Waals surface area contributed by atoms with E-state index >= 15 is 0 Å². The number of rotatable bonds is 5. The zero-order chi connectivity index (χ0) is 12.5. The maximum atomic E-state index is 8.57. The highest BCUT2D eigenvalue weighted by atomic mass is 32.1. The van der Waals surface area contributed by atoms with E-state index in [2.05, 4.69) is 41.2 Å². The van der Waals surface area contributed by atoms with Gasteiger partial charge in [-0.05, 0) is 12.6 Å². The van der Waals surface area contributed by atoms with Crippen LogP contribution in [0.3, 0.4) is 0 Å². The molecule has 17 heavy (non-hydrogen) atoms. The van der Waals surface area contributed by atoms with Crippen molar-refractivity contribution in [3.63, 3.8) is 0 Å². The Morgan fingerprint density at radius 3 is 3.00 bits per heavy atom. The lowest BCUT2D eigenvalue weighted by molar-refractivity contribution is 0.289. The molecule has 0 bridgehead atoms. The summed E-state index contributed by atoms with van der Waals surface area (Å²) in [5.74, 6) is 5.87. The van der Waals surface area contributed by atoms with Gasteiger partial charge in [-0.3, -0.25) is 4.90 Å². The Bertz CT molecular complexity index is 433. The summed E-state index contributed by atoms with van der Waals surface area (Å²) in [5.41, 5.74) is 6.37. The molecule has 0 radical (unpaired) electrons. The van der Waals surface area contributed by atoms with Crippen LogP contribution in [0, 0.1) is 23.2 Å². The molecule has 3 nitrogen and oxygen atoms in total. The van der Waals surface area contributed by atoms with Crippen molar-refractivity contribution in [1.82, 2.24) is 4.90 Å². The van der Waals surface area contributed by atoms with E-state index < -0.39 is 0 Å². The lowest BCUT2D eigenvalue weighted by atomic mass is 10.3. The zero-order valence-electron chi connectivity index (χ0n) is 10.1. The third kappa shape index (κ3) is 5.01. The molecule has 0 aromatic carbocycles. The first kappa shape index (κ1) is 13.7. The van der Waals surface area contributed by atoms with E-state index in [1.165, 1.54) is 4.88 Å². The minimum atomic E-state index is 0.397. The van der Waals surface area contributed by atoms with E-state index in [1.54, 1.807) is 11.3 Å². The van der Waals surface area contributed by atoms with Gasteiger partial charge in [-0.25, -0.2) is 0 Å².